The largest absolute Gasteiger partial charge is 0.497 e. The van der Waals surface area contributed by atoms with Gasteiger partial charge in [-0.3, -0.25) is 0 Å². The number of rotatable bonds is 6. The first-order chi connectivity index (χ1) is 12.1. The van der Waals surface area contributed by atoms with Gasteiger partial charge < -0.3 is 4.74 Å². The number of ether oxygens (including phenoxy) is 1. The molecule has 1 heterocycles. The number of aromatic nitrogens is 1. The first kappa shape index (κ1) is 18.7. The van der Waals surface area contributed by atoms with Crippen molar-refractivity contribution in [2.24, 2.45) is 0 Å². The summed E-state index contributed by atoms with van der Waals surface area (Å²) >= 11 is 15.7. The summed E-state index contributed by atoms with van der Waals surface area (Å²) in [5.41, 5.74) is 2.19. The number of hydrogen-bond acceptors (Lipinski definition) is 4. The van der Waals surface area contributed by atoms with Gasteiger partial charge in [-0.2, -0.15) is 0 Å². The Morgan fingerprint density at radius 1 is 1.00 bits per heavy atom. The maximum atomic E-state index is 6.20. The molecule has 0 atom stereocenters. The Bertz CT molecular complexity index is 902. The number of fused-ring (bicyclic) bond motifs is 1. The van der Waals surface area contributed by atoms with Crippen LogP contribution in [0.5, 0.6) is 5.75 Å². The van der Waals surface area contributed by atoms with Crippen molar-refractivity contribution >= 4 is 57.6 Å². The Morgan fingerprint density at radius 2 is 1.80 bits per heavy atom. The highest BCUT2D eigenvalue weighted by Crippen LogP contribution is 2.31. The van der Waals surface area contributed by atoms with E-state index in [1.807, 2.05) is 24.3 Å². The molecule has 0 aliphatic rings. The van der Waals surface area contributed by atoms with E-state index in [9.17, 15) is 0 Å². The molecule has 25 heavy (non-hydrogen) atoms. The van der Waals surface area contributed by atoms with Crippen LogP contribution in [-0.2, 0) is 0 Å². The van der Waals surface area contributed by atoms with Gasteiger partial charge in [-0.25, -0.2) is 4.98 Å². The van der Waals surface area contributed by atoms with Gasteiger partial charge in [0.05, 0.1) is 22.7 Å². The number of methoxy groups -OCH3 is 1. The fourth-order valence-corrected chi connectivity index (χ4v) is 4.89. The third-order valence-electron chi connectivity index (χ3n) is 3.68. The molecule has 0 spiro atoms. The zero-order valence-electron chi connectivity index (χ0n) is 13.9. The normalized spacial score (nSPS) is 11.0. The topological polar surface area (TPSA) is 22.1 Å². The molecule has 2 nitrogen and oxygen atoms in total. The van der Waals surface area contributed by atoms with Crippen molar-refractivity contribution < 1.29 is 4.74 Å². The Balaban J connectivity index is 1.65. The molecular formula is C19H17Cl2NOS2. The third kappa shape index (κ3) is 4.76. The molecule has 0 fully saturated rings. The fourth-order valence-electron chi connectivity index (χ4n) is 2.44. The monoisotopic (exact) mass is 409 g/mol. The van der Waals surface area contributed by atoms with Crippen LogP contribution in [0.15, 0.2) is 52.4 Å². The summed E-state index contributed by atoms with van der Waals surface area (Å²) in [4.78, 5) is 5.76. The zero-order valence-corrected chi connectivity index (χ0v) is 17.0. The third-order valence-corrected chi connectivity index (χ3v) is 6.59. The van der Waals surface area contributed by atoms with Crippen molar-refractivity contribution in [3.63, 3.8) is 0 Å². The maximum absolute atomic E-state index is 6.20. The van der Waals surface area contributed by atoms with Crippen LogP contribution >= 0.6 is 46.7 Å². The second kappa shape index (κ2) is 8.54. The summed E-state index contributed by atoms with van der Waals surface area (Å²) in [6.07, 6.45) is 0. The summed E-state index contributed by atoms with van der Waals surface area (Å²) in [7, 11) is 1.67. The van der Waals surface area contributed by atoms with Gasteiger partial charge in [0.15, 0.2) is 0 Å². The highest BCUT2D eigenvalue weighted by atomic mass is 35.5. The fraction of sp³-hybridized carbons (Fsp3) is 0.211. The Kier molecular flexibility index (Phi) is 6.39. The molecule has 3 aromatic rings. The van der Waals surface area contributed by atoms with Crippen LogP contribution in [0.1, 0.15) is 5.56 Å². The van der Waals surface area contributed by atoms with Crippen LogP contribution < -0.4 is 4.74 Å². The van der Waals surface area contributed by atoms with E-state index in [4.69, 9.17) is 32.9 Å². The predicted octanol–water partition coefficient (Wildman–Crippen LogP) is 6.74. The van der Waals surface area contributed by atoms with E-state index in [-0.39, 0.29) is 0 Å². The molecule has 6 heteroatoms. The minimum absolute atomic E-state index is 0.709. The lowest BCUT2D eigenvalue weighted by Crippen LogP contribution is -1.91. The molecule has 1 aromatic heterocycles. The van der Waals surface area contributed by atoms with Crippen LogP contribution in [0.3, 0.4) is 0 Å². The average molecular weight is 410 g/mol. The Morgan fingerprint density at radius 3 is 2.60 bits per heavy atom. The van der Waals surface area contributed by atoms with Crippen LogP contribution in [0, 0.1) is 6.92 Å². The Labute approximate surface area is 166 Å². The molecule has 2 aromatic carbocycles. The van der Waals surface area contributed by atoms with Gasteiger partial charge in [0.1, 0.15) is 5.75 Å². The van der Waals surface area contributed by atoms with Crippen molar-refractivity contribution in [3.05, 3.63) is 58.1 Å². The lowest BCUT2D eigenvalue weighted by molar-refractivity contribution is 0.415. The maximum Gasteiger partial charge on any atom is 0.121 e. The van der Waals surface area contributed by atoms with E-state index in [1.54, 1.807) is 36.7 Å². The van der Waals surface area contributed by atoms with E-state index in [1.165, 1.54) is 5.56 Å². The predicted molar refractivity (Wildman–Crippen MR) is 111 cm³/mol. The average Bonchev–Trinajstić information content (AvgIpc) is 2.61. The van der Waals surface area contributed by atoms with Crippen LogP contribution in [-0.4, -0.2) is 23.6 Å². The Hall–Kier alpha value is -1.07. The molecular weight excluding hydrogens is 393 g/mol. The van der Waals surface area contributed by atoms with Gasteiger partial charge >= 0.3 is 0 Å². The molecule has 0 aliphatic carbocycles. The number of aryl methyl sites for hydroxylation is 1. The van der Waals surface area contributed by atoms with E-state index < -0.39 is 0 Å². The minimum Gasteiger partial charge on any atom is -0.497 e. The molecule has 0 unspecified atom stereocenters. The van der Waals surface area contributed by atoms with E-state index in [0.717, 1.165) is 43.1 Å². The first-order valence-corrected chi connectivity index (χ1v) is 10.5. The molecule has 0 bridgehead atoms. The number of thioether (sulfide) groups is 2. The second-order valence-electron chi connectivity index (χ2n) is 5.43. The van der Waals surface area contributed by atoms with Crippen LogP contribution in [0.2, 0.25) is 10.0 Å². The van der Waals surface area contributed by atoms with Crippen LogP contribution in [0.4, 0.5) is 0 Å². The molecule has 0 aliphatic heterocycles. The number of halogens is 2. The first-order valence-electron chi connectivity index (χ1n) is 7.73. The zero-order chi connectivity index (χ0) is 17.8. The molecule has 3 rings (SSSR count). The van der Waals surface area contributed by atoms with Gasteiger partial charge in [0.25, 0.3) is 0 Å². The quantitative estimate of drug-likeness (QED) is 0.331. The smallest absolute Gasteiger partial charge is 0.121 e. The standard InChI is InChI=1S/C19H17Cl2NOS2/c1-12-9-19(22-17-11-14(23-2)4-5-15(12)17)25-8-7-24-18-10-13(20)3-6-16(18)21/h3-6,9-11H,7-8H2,1-2H3. The van der Waals surface area contributed by atoms with Gasteiger partial charge in [-0.15, -0.1) is 23.5 Å². The van der Waals surface area contributed by atoms with E-state index in [2.05, 4.69) is 19.1 Å². The lowest BCUT2D eigenvalue weighted by atomic mass is 10.1. The van der Waals surface area contributed by atoms with Gasteiger partial charge in [0, 0.05) is 32.9 Å². The van der Waals surface area contributed by atoms with Crippen molar-refractivity contribution in [2.45, 2.75) is 16.8 Å². The second-order valence-corrected chi connectivity index (χ2v) is 8.53. The molecule has 0 amide bonds. The summed E-state index contributed by atoms with van der Waals surface area (Å²) in [5.74, 6) is 2.70. The summed E-state index contributed by atoms with van der Waals surface area (Å²) < 4.78 is 5.30. The van der Waals surface area contributed by atoms with Gasteiger partial charge in [-0.05, 0) is 48.9 Å². The molecule has 0 saturated heterocycles. The highest BCUT2D eigenvalue weighted by molar-refractivity contribution is 8.03. The molecule has 0 saturated carbocycles. The summed E-state index contributed by atoms with van der Waals surface area (Å²) in [6, 6.07) is 13.7. The number of hydrogen-bond donors (Lipinski definition) is 0. The van der Waals surface area contributed by atoms with Crippen molar-refractivity contribution in [2.75, 3.05) is 18.6 Å². The number of benzene rings is 2. The minimum atomic E-state index is 0.709. The van der Waals surface area contributed by atoms with Crippen molar-refractivity contribution in [1.82, 2.24) is 4.98 Å². The van der Waals surface area contributed by atoms with E-state index >= 15 is 0 Å². The van der Waals surface area contributed by atoms with Crippen molar-refractivity contribution in [3.8, 4) is 5.75 Å². The number of pyridine rings is 1. The van der Waals surface area contributed by atoms with Crippen LogP contribution in [0.25, 0.3) is 10.9 Å². The highest BCUT2D eigenvalue weighted by Gasteiger charge is 2.06. The van der Waals surface area contributed by atoms with Gasteiger partial charge in [-0.1, -0.05) is 23.2 Å². The van der Waals surface area contributed by atoms with Gasteiger partial charge in [0.2, 0.25) is 0 Å². The van der Waals surface area contributed by atoms with E-state index in [0.29, 0.717) is 5.02 Å². The lowest BCUT2D eigenvalue weighted by Gasteiger charge is -2.08. The molecule has 0 N–H and O–H groups in total. The van der Waals surface area contributed by atoms with Crippen molar-refractivity contribution in [1.29, 1.82) is 0 Å². The summed E-state index contributed by atoms with van der Waals surface area (Å²) in [5, 5.41) is 3.63. The molecule has 0 radical (unpaired) electrons. The number of nitrogens with zero attached hydrogens (tertiary/aromatic N) is 1. The SMILES string of the molecule is COc1ccc2c(C)cc(SCCSc3cc(Cl)ccc3Cl)nc2c1. The summed E-state index contributed by atoms with van der Waals surface area (Å²) in [6.45, 7) is 2.11. The molecule has 130 valence electrons.